The number of rotatable bonds is 8. The first-order valence-corrected chi connectivity index (χ1v) is 7.10. The highest BCUT2D eigenvalue weighted by Crippen LogP contribution is 2.22. The van der Waals surface area contributed by atoms with Crippen LogP contribution in [-0.4, -0.2) is 19.2 Å². The van der Waals surface area contributed by atoms with E-state index in [1.165, 1.54) is 11.1 Å². The minimum atomic E-state index is 0.160. The summed E-state index contributed by atoms with van der Waals surface area (Å²) in [4.78, 5) is 0. The molecule has 2 nitrogen and oxygen atoms in total. The number of aryl methyl sites for hydroxylation is 1. The Hall–Kier alpha value is -0.860. The van der Waals surface area contributed by atoms with Crippen molar-refractivity contribution >= 4 is 0 Å². The molecule has 1 aromatic carbocycles. The molecule has 2 atom stereocenters. The summed E-state index contributed by atoms with van der Waals surface area (Å²) in [5.74, 6) is 0. The van der Waals surface area contributed by atoms with Crippen LogP contribution < -0.4 is 5.32 Å². The minimum absolute atomic E-state index is 0.160. The fourth-order valence-electron chi connectivity index (χ4n) is 1.97. The summed E-state index contributed by atoms with van der Waals surface area (Å²) in [6.07, 6.45) is 2.67. The number of ether oxygens (including phenoxy) is 1. The molecule has 0 fully saturated rings. The fourth-order valence-corrected chi connectivity index (χ4v) is 1.97. The minimum Gasteiger partial charge on any atom is -0.369 e. The van der Waals surface area contributed by atoms with E-state index in [0.29, 0.717) is 6.10 Å². The average Bonchev–Trinajstić information content (AvgIpc) is 2.38. The fraction of sp³-hybridized carbons (Fsp3) is 0.625. The Morgan fingerprint density at radius 3 is 2.56 bits per heavy atom. The molecule has 102 valence electrons. The quantitative estimate of drug-likeness (QED) is 0.707. The maximum Gasteiger partial charge on any atom is 0.0955 e. The van der Waals surface area contributed by atoms with E-state index in [1.54, 1.807) is 0 Å². The molecule has 0 aromatic heterocycles. The lowest BCUT2D eigenvalue weighted by atomic mass is 10.0. The molecular formula is C16H27NO. The molecule has 0 saturated heterocycles. The molecule has 18 heavy (non-hydrogen) atoms. The van der Waals surface area contributed by atoms with Gasteiger partial charge in [0.15, 0.2) is 0 Å². The van der Waals surface area contributed by atoms with E-state index in [2.05, 4.69) is 57.3 Å². The van der Waals surface area contributed by atoms with Gasteiger partial charge in [-0.1, -0.05) is 38.1 Å². The molecule has 0 heterocycles. The Kier molecular flexibility index (Phi) is 6.99. The summed E-state index contributed by atoms with van der Waals surface area (Å²) in [5, 5.41) is 3.47. The van der Waals surface area contributed by atoms with Gasteiger partial charge in [-0.05, 0) is 44.4 Å². The van der Waals surface area contributed by atoms with Gasteiger partial charge >= 0.3 is 0 Å². The first-order chi connectivity index (χ1) is 8.69. The second-order valence-electron chi connectivity index (χ2n) is 4.90. The zero-order valence-electron chi connectivity index (χ0n) is 12.2. The molecule has 1 N–H and O–H groups in total. The van der Waals surface area contributed by atoms with E-state index in [4.69, 9.17) is 4.74 Å². The zero-order valence-corrected chi connectivity index (χ0v) is 12.2. The standard InChI is InChI=1S/C16H27NO/c1-5-11-17-12-16(18-14(4)6-2)15-10-8-7-9-13(15)3/h7-10,14,16-17H,5-6,11-12H2,1-4H3. The highest BCUT2D eigenvalue weighted by atomic mass is 16.5. The van der Waals surface area contributed by atoms with Gasteiger partial charge in [0, 0.05) is 6.54 Å². The van der Waals surface area contributed by atoms with E-state index in [9.17, 15) is 0 Å². The number of hydrogen-bond donors (Lipinski definition) is 1. The Bertz CT molecular complexity index is 338. The van der Waals surface area contributed by atoms with Crippen LogP contribution in [0.2, 0.25) is 0 Å². The van der Waals surface area contributed by atoms with Crippen molar-refractivity contribution in [3.8, 4) is 0 Å². The van der Waals surface area contributed by atoms with E-state index in [0.717, 1.165) is 25.9 Å². The molecular weight excluding hydrogens is 222 g/mol. The Balaban J connectivity index is 2.73. The lowest BCUT2D eigenvalue weighted by Crippen LogP contribution is -2.26. The second-order valence-corrected chi connectivity index (χ2v) is 4.90. The number of nitrogens with one attached hydrogen (secondary N) is 1. The van der Waals surface area contributed by atoms with Crippen LogP contribution >= 0.6 is 0 Å². The van der Waals surface area contributed by atoms with E-state index >= 15 is 0 Å². The lowest BCUT2D eigenvalue weighted by Gasteiger charge is -2.24. The predicted molar refractivity (Wildman–Crippen MR) is 77.9 cm³/mol. The summed E-state index contributed by atoms with van der Waals surface area (Å²) < 4.78 is 6.15. The van der Waals surface area contributed by atoms with Gasteiger partial charge in [-0.15, -0.1) is 0 Å². The van der Waals surface area contributed by atoms with Crippen LogP contribution in [0.3, 0.4) is 0 Å². The van der Waals surface area contributed by atoms with E-state index in [-0.39, 0.29) is 6.10 Å². The van der Waals surface area contributed by atoms with Gasteiger partial charge in [-0.3, -0.25) is 0 Å². The smallest absolute Gasteiger partial charge is 0.0955 e. The van der Waals surface area contributed by atoms with Gasteiger partial charge in [-0.25, -0.2) is 0 Å². The maximum atomic E-state index is 6.15. The molecule has 1 rings (SSSR count). The van der Waals surface area contributed by atoms with Gasteiger partial charge in [-0.2, -0.15) is 0 Å². The number of hydrogen-bond acceptors (Lipinski definition) is 2. The molecule has 0 saturated carbocycles. The van der Waals surface area contributed by atoms with Crippen LogP contribution in [0, 0.1) is 6.92 Å². The second kappa shape index (κ2) is 8.28. The van der Waals surface area contributed by atoms with Crippen molar-refractivity contribution in [2.75, 3.05) is 13.1 Å². The Morgan fingerprint density at radius 1 is 1.22 bits per heavy atom. The highest BCUT2D eigenvalue weighted by molar-refractivity contribution is 5.28. The lowest BCUT2D eigenvalue weighted by molar-refractivity contribution is -0.00471. The number of benzene rings is 1. The van der Waals surface area contributed by atoms with Crippen molar-refractivity contribution < 1.29 is 4.74 Å². The van der Waals surface area contributed by atoms with Gasteiger partial charge in [0.1, 0.15) is 0 Å². The van der Waals surface area contributed by atoms with Gasteiger partial charge < -0.3 is 10.1 Å². The molecule has 0 aliphatic rings. The molecule has 0 spiro atoms. The zero-order chi connectivity index (χ0) is 13.4. The topological polar surface area (TPSA) is 21.3 Å². The van der Waals surface area contributed by atoms with Gasteiger partial charge in [0.25, 0.3) is 0 Å². The molecule has 2 heteroatoms. The highest BCUT2D eigenvalue weighted by Gasteiger charge is 2.16. The molecule has 0 radical (unpaired) electrons. The third kappa shape index (κ3) is 4.79. The first kappa shape index (κ1) is 15.2. The summed E-state index contributed by atoms with van der Waals surface area (Å²) in [5.41, 5.74) is 2.62. The van der Waals surface area contributed by atoms with Crippen molar-refractivity contribution in [1.82, 2.24) is 5.32 Å². The van der Waals surface area contributed by atoms with Crippen LogP contribution in [0.5, 0.6) is 0 Å². The largest absolute Gasteiger partial charge is 0.369 e. The summed E-state index contributed by atoms with van der Waals surface area (Å²) in [7, 11) is 0. The molecule has 0 bridgehead atoms. The van der Waals surface area contributed by atoms with Gasteiger partial charge in [0.05, 0.1) is 12.2 Å². The van der Waals surface area contributed by atoms with Gasteiger partial charge in [0.2, 0.25) is 0 Å². The first-order valence-electron chi connectivity index (χ1n) is 7.10. The summed E-state index contributed by atoms with van der Waals surface area (Å²) in [6.45, 7) is 10.6. The molecule has 2 unspecified atom stereocenters. The van der Waals surface area contributed by atoms with Crippen LogP contribution in [0.15, 0.2) is 24.3 Å². The average molecular weight is 249 g/mol. The molecule has 0 aliphatic heterocycles. The molecule has 0 aliphatic carbocycles. The normalized spacial score (nSPS) is 14.4. The van der Waals surface area contributed by atoms with Crippen LogP contribution in [0.25, 0.3) is 0 Å². The van der Waals surface area contributed by atoms with Crippen molar-refractivity contribution in [2.24, 2.45) is 0 Å². The van der Waals surface area contributed by atoms with Crippen LogP contribution in [0.4, 0.5) is 0 Å². The summed E-state index contributed by atoms with van der Waals surface area (Å²) >= 11 is 0. The Labute approximate surface area is 112 Å². The molecule has 0 amide bonds. The third-order valence-electron chi connectivity index (χ3n) is 3.26. The monoisotopic (exact) mass is 249 g/mol. The van der Waals surface area contributed by atoms with Crippen molar-refractivity contribution in [3.05, 3.63) is 35.4 Å². The van der Waals surface area contributed by atoms with Crippen molar-refractivity contribution in [3.63, 3.8) is 0 Å². The van der Waals surface area contributed by atoms with E-state index in [1.807, 2.05) is 0 Å². The van der Waals surface area contributed by atoms with Crippen LogP contribution in [0.1, 0.15) is 50.8 Å². The van der Waals surface area contributed by atoms with Crippen molar-refractivity contribution in [2.45, 2.75) is 52.7 Å². The van der Waals surface area contributed by atoms with Crippen LogP contribution in [-0.2, 0) is 4.74 Å². The third-order valence-corrected chi connectivity index (χ3v) is 3.26. The van der Waals surface area contributed by atoms with E-state index < -0.39 is 0 Å². The summed E-state index contributed by atoms with van der Waals surface area (Å²) in [6, 6.07) is 8.51. The Morgan fingerprint density at radius 2 is 1.94 bits per heavy atom. The molecule has 1 aromatic rings. The SMILES string of the molecule is CCCNCC(OC(C)CC)c1ccccc1C. The van der Waals surface area contributed by atoms with Crippen molar-refractivity contribution in [1.29, 1.82) is 0 Å². The maximum absolute atomic E-state index is 6.15. The predicted octanol–water partition coefficient (Wildman–Crippen LogP) is 3.85.